The zero-order valence-electron chi connectivity index (χ0n) is 6.87. The molecule has 0 unspecified atom stereocenters. The first kappa shape index (κ1) is 11.0. The molecule has 0 bridgehead atoms. The number of alkyl halides is 3. The van der Waals surface area contributed by atoms with Crippen LogP contribution in [0, 0.1) is 0 Å². The summed E-state index contributed by atoms with van der Waals surface area (Å²) >= 11 is 0.900. The van der Waals surface area contributed by atoms with Crippen molar-refractivity contribution in [1.82, 2.24) is 4.98 Å². The van der Waals surface area contributed by atoms with Crippen LogP contribution < -0.4 is 0 Å². The fourth-order valence-corrected chi connectivity index (χ4v) is 1.65. The Morgan fingerprint density at radius 2 is 2.29 bits per heavy atom. The molecule has 1 aromatic rings. The maximum Gasteiger partial charge on any atom is 0.434 e. The number of hydrogen-bond acceptors (Lipinski definition) is 4. The van der Waals surface area contributed by atoms with E-state index in [-0.39, 0.29) is 24.4 Å². The second-order valence-corrected chi connectivity index (χ2v) is 3.28. The van der Waals surface area contributed by atoms with Crippen molar-refractivity contribution in [2.75, 3.05) is 6.61 Å². The lowest BCUT2D eigenvalue weighted by molar-refractivity contribution is -0.141. The number of thiazole rings is 1. The van der Waals surface area contributed by atoms with Gasteiger partial charge in [0, 0.05) is 11.3 Å². The molecule has 0 amide bonds. The fraction of sp³-hybridized carbons (Fsp3) is 0.429. The summed E-state index contributed by atoms with van der Waals surface area (Å²) in [4.78, 5) is 13.1. The van der Waals surface area contributed by atoms with Gasteiger partial charge >= 0.3 is 6.18 Å². The van der Waals surface area contributed by atoms with Crippen LogP contribution >= 0.6 is 11.3 Å². The quantitative estimate of drug-likeness (QED) is 0.580. The highest BCUT2D eigenvalue weighted by Gasteiger charge is 2.35. The molecule has 0 spiro atoms. The van der Waals surface area contributed by atoms with Crippen LogP contribution in [-0.4, -0.2) is 18.1 Å². The summed E-state index contributed by atoms with van der Waals surface area (Å²) in [5.41, 5.74) is 0.232. The standard InChI is InChI=1S/C7H6F3NO2S/c8-7(9,10)6-5(14-3-11-6)1-2-13-4-12/h3-4H,1-2H2. The Morgan fingerprint density at radius 1 is 1.57 bits per heavy atom. The van der Waals surface area contributed by atoms with E-state index in [9.17, 15) is 18.0 Å². The number of halogens is 3. The molecule has 0 N–H and O–H groups in total. The summed E-state index contributed by atoms with van der Waals surface area (Å²) in [6.45, 7) is 0.142. The summed E-state index contributed by atoms with van der Waals surface area (Å²) in [6.07, 6.45) is -4.39. The van der Waals surface area contributed by atoms with Crippen molar-refractivity contribution in [3.63, 3.8) is 0 Å². The van der Waals surface area contributed by atoms with Crippen LogP contribution in [0.2, 0.25) is 0 Å². The van der Waals surface area contributed by atoms with E-state index in [0.29, 0.717) is 0 Å². The second-order valence-electron chi connectivity index (χ2n) is 2.34. The highest BCUT2D eigenvalue weighted by atomic mass is 32.1. The van der Waals surface area contributed by atoms with Gasteiger partial charge in [-0.1, -0.05) is 0 Å². The lowest BCUT2D eigenvalue weighted by atomic mass is 10.3. The first-order valence-electron chi connectivity index (χ1n) is 3.60. The SMILES string of the molecule is O=COCCc1scnc1C(F)(F)F. The number of rotatable bonds is 4. The van der Waals surface area contributed by atoms with Crippen LogP contribution in [0.25, 0.3) is 0 Å². The largest absolute Gasteiger partial charge is 0.468 e. The van der Waals surface area contributed by atoms with Crippen LogP contribution in [0.15, 0.2) is 5.51 Å². The van der Waals surface area contributed by atoms with E-state index in [1.807, 2.05) is 0 Å². The molecule has 1 aromatic heterocycles. The molecule has 78 valence electrons. The van der Waals surface area contributed by atoms with Gasteiger partial charge in [-0.2, -0.15) is 13.2 Å². The van der Waals surface area contributed by atoms with Crippen molar-refractivity contribution in [2.24, 2.45) is 0 Å². The third kappa shape index (κ3) is 2.69. The smallest absolute Gasteiger partial charge is 0.434 e. The van der Waals surface area contributed by atoms with Crippen LogP contribution in [0.4, 0.5) is 13.2 Å². The first-order valence-corrected chi connectivity index (χ1v) is 4.48. The summed E-state index contributed by atoms with van der Waals surface area (Å²) in [5, 5.41) is 0. The molecule has 3 nitrogen and oxygen atoms in total. The molecule has 0 atom stereocenters. The third-order valence-electron chi connectivity index (χ3n) is 1.42. The molecule has 14 heavy (non-hydrogen) atoms. The molecular weight excluding hydrogens is 219 g/mol. The van der Waals surface area contributed by atoms with Crippen molar-refractivity contribution in [1.29, 1.82) is 0 Å². The Hall–Kier alpha value is -1.11. The maximum atomic E-state index is 12.2. The Kier molecular flexibility index (Phi) is 3.45. The minimum Gasteiger partial charge on any atom is -0.468 e. The van der Waals surface area contributed by atoms with Gasteiger partial charge in [0.2, 0.25) is 0 Å². The maximum absolute atomic E-state index is 12.2. The number of ether oxygens (including phenoxy) is 1. The second kappa shape index (κ2) is 4.41. The zero-order valence-corrected chi connectivity index (χ0v) is 7.69. The molecule has 0 aliphatic carbocycles. The van der Waals surface area contributed by atoms with Crippen molar-refractivity contribution >= 4 is 17.8 Å². The third-order valence-corrected chi connectivity index (χ3v) is 2.32. The zero-order chi connectivity index (χ0) is 10.6. The van der Waals surface area contributed by atoms with Crippen LogP contribution in [0.5, 0.6) is 0 Å². The normalized spacial score (nSPS) is 11.4. The van der Waals surface area contributed by atoms with E-state index in [4.69, 9.17) is 0 Å². The summed E-state index contributed by atoms with van der Waals surface area (Å²) in [5.74, 6) is 0. The van der Waals surface area contributed by atoms with Gasteiger partial charge in [0.15, 0.2) is 5.69 Å². The molecule has 7 heteroatoms. The van der Waals surface area contributed by atoms with E-state index in [0.717, 1.165) is 16.8 Å². The van der Waals surface area contributed by atoms with Crippen LogP contribution in [0.1, 0.15) is 10.6 Å². The Balaban J connectivity index is 2.68. The first-order chi connectivity index (χ1) is 6.55. The van der Waals surface area contributed by atoms with Gasteiger partial charge in [-0.05, 0) is 0 Å². The van der Waals surface area contributed by atoms with Crippen molar-refractivity contribution in [3.8, 4) is 0 Å². The molecule has 1 heterocycles. The lowest BCUT2D eigenvalue weighted by Crippen LogP contribution is -2.09. The van der Waals surface area contributed by atoms with Gasteiger partial charge in [-0.15, -0.1) is 11.3 Å². The highest BCUT2D eigenvalue weighted by Crippen LogP contribution is 2.32. The van der Waals surface area contributed by atoms with Crippen molar-refractivity contribution < 1.29 is 22.7 Å². The van der Waals surface area contributed by atoms with Gasteiger partial charge in [-0.3, -0.25) is 4.79 Å². The molecule has 1 rings (SSSR count). The monoisotopic (exact) mass is 225 g/mol. The number of nitrogens with zero attached hydrogens (tertiary/aromatic N) is 1. The van der Waals surface area contributed by atoms with E-state index in [2.05, 4.69) is 9.72 Å². The van der Waals surface area contributed by atoms with E-state index >= 15 is 0 Å². The number of carbonyl (C=O) groups is 1. The average molecular weight is 225 g/mol. The minimum absolute atomic E-state index is 0.0399. The van der Waals surface area contributed by atoms with Gasteiger partial charge in [0.1, 0.15) is 0 Å². The fourth-order valence-electron chi connectivity index (χ4n) is 0.879. The summed E-state index contributed by atoms with van der Waals surface area (Å²) in [7, 11) is 0. The van der Waals surface area contributed by atoms with Crippen molar-refractivity contribution in [3.05, 3.63) is 16.1 Å². The van der Waals surface area contributed by atoms with Gasteiger partial charge in [0.05, 0.1) is 12.1 Å². The minimum atomic E-state index is -4.43. The summed E-state index contributed by atoms with van der Waals surface area (Å²) in [6, 6.07) is 0. The topological polar surface area (TPSA) is 39.2 Å². The van der Waals surface area contributed by atoms with E-state index < -0.39 is 11.9 Å². The number of aromatic nitrogens is 1. The molecule has 0 saturated carbocycles. The van der Waals surface area contributed by atoms with Crippen LogP contribution in [-0.2, 0) is 22.1 Å². The number of hydrogen-bond donors (Lipinski definition) is 0. The number of carbonyl (C=O) groups excluding carboxylic acids is 1. The molecule has 0 aliphatic heterocycles. The van der Waals surface area contributed by atoms with Crippen molar-refractivity contribution in [2.45, 2.75) is 12.6 Å². The Labute approximate surface area is 81.5 Å². The average Bonchev–Trinajstić information content (AvgIpc) is 2.52. The lowest BCUT2D eigenvalue weighted by Gasteiger charge is -2.05. The Morgan fingerprint density at radius 3 is 2.86 bits per heavy atom. The molecule has 0 aliphatic rings. The molecule has 0 aromatic carbocycles. The Bertz CT molecular complexity index is 310. The highest BCUT2D eigenvalue weighted by molar-refractivity contribution is 7.09. The van der Waals surface area contributed by atoms with Gasteiger partial charge in [0.25, 0.3) is 6.47 Å². The van der Waals surface area contributed by atoms with E-state index in [1.165, 1.54) is 0 Å². The predicted molar refractivity (Wildman–Crippen MR) is 42.8 cm³/mol. The van der Waals surface area contributed by atoms with Crippen LogP contribution in [0.3, 0.4) is 0 Å². The van der Waals surface area contributed by atoms with Gasteiger partial charge < -0.3 is 4.74 Å². The molecular formula is C7H6F3NO2S. The van der Waals surface area contributed by atoms with E-state index in [1.54, 1.807) is 0 Å². The predicted octanol–water partition coefficient (Wildman–Crippen LogP) is 1.88. The molecule has 0 radical (unpaired) electrons. The van der Waals surface area contributed by atoms with Gasteiger partial charge in [-0.25, -0.2) is 4.98 Å². The molecule has 0 saturated heterocycles. The molecule has 0 fully saturated rings. The summed E-state index contributed by atoms with van der Waals surface area (Å²) < 4.78 is 41.0.